The Morgan fingerprint density at radius 3 is 2.62 bits per heavy atom. The van der Waals surface area contributed by atoms with Gasteiger partial charge in [-0.2, -0.15) is 23.3 Å². The van der Waals surface area contributed by atoms with Crippen molar-refractivity contribution in [2.45, 2.75) is 25.2 Å². The van der Waals surface area contributed by atoms with Crippen molar-refractivity contribution in [3.8, 4) is 5.75 Å². The fourth-order valence-corrected chi connectivity index (χ4v) is 2.62. The van der Waals surface area contributed by atoms with E-state index in [9.17, 15) is 28.2 Å². The van der Waals surface area contributed by atoms with E-state index >= 15 is 0 Å². The van der Waals surface area contributed by atoms with Crippen molar-refractivity contribution in [1.82, 2.24) is 9.99 Å². The van der Waals surface area contributed by atoms with Crippen LogP contribution in [0.3, 0.4) is 0 Å². The maximum atomic E-state index is 13.5. The predicted molar refractivity (Wildman–Crippen MR) is 85.4 cm³/mol. The highest BCUT2D eigenvalue weighted by molar-refractivity contribution is 6.05. The molecule has 0 aliphatic carbocycles. The van der Waals surface area contributed by atoms with Crippen molar-refractivity contribution in [3.63, 3.8) is 0 Å². The van der Waals surface area contributed by atoms with E-state index in [-0.39, 0.29) is 21.8 Å². The van der Waals surface area contributed by atoms with E-state index in [0.717, 1.165) is 0 Å². The molecule has 1 atom stereocenters. The van der Waals surface area contributed by atoms with Gasteiger partial charge in [0.15, 0.2) is 0 Å². The van der Waals surface area contributed by atoms with E-state index in [2.05, 4.69) is 10.1 Å². The number of halogens is 3. The first-order valence-corrected chi connectivity index (χ1v) is 7.55. The molecule has 9 heteroatoms. The molecule has 2 N–H and O–H groups in total. The minimum Gasteiger partial charge on any atom is -0.507 e. The summed E-state index contributed by atoms with van der Waals surface area (Å²) >= 11 is 0. The first kappa shape index (κ1) is 17.9. The molecule has 1 aliphatic heterocycles. The number of hydrogen-bond acceptors (Lipinski definition) is 5. The van der Waals surface area contributed by atoms with Crippen molar-refractivity contribution in [1.29, 1.82) is 0 Å². The third-order valence-electron chi connectivity index (χ3n) is 4.09. The third-order valence-corrected chi connectivity index (χ3v) is 4.09. The van der Waals surface area contributed by atoms with Gasteiger partial charge in [-0.25, -0.2) is 0 Å². The summed E-state index contributed by atoms with van der Waals surface area (Å²) in [6.07, 6.45) is -3.38. The van der Waals surface area contributed by atoms with Gasteiger partial charge in [0.25, 0.3) is 11.6 Å². The van der Waals surface area contributed by atoms with Gasteiger partial charge in [0, 0.05) is 18.0 Å². The van der Waals surface area contributed by atoms with E-state index < -0.39 is 30.0 Å². The van der Waals surface area contributed by atoms with Crippen molar-refractivity contribution in [2.75, 3.05) is 0 Å². The lowest BCUT2D eigenvalue weighted by Gasteiger charge is -2.32. The lowest BCUT2D eigenvalue weighted by molar-refractivity contribution is -0.297. The lowest BCUT2D eigenvalue weighted by atomic mass is 10.0. The van der Waals surface area contributed by atoms with E-state index in [1.165, 1.54) is 49.6 Å². The zero-order chi connectivity index (χ0) is 19.1. The van der Waals surface area contributed by atoms with Gasteiger partial charge in [-0.3, -0.25) is 9.78 Å². The van der Waals surface area contributed by atoms with Crippen LogP contribution in [0.5, 0.6) is 5.75 Å². The minimum absolute atomic E-state index is 0.0240. The van der Waals surface area contributed by atoms with Crippen molar-refractivity contribution in [2.24, 2.45) is 5.10 Å². The summed E-state index contributed by atoms with van der Waals surface area (Å²) in [5.41, 5.74) is -3.49. The van der Waals surface area contributed by atoms with Crippen LogP contribution >= 0.6 is 0 Å². The van der Waals surface area contributed by atoms with Crippen LogP contribution in [0.2, 0.25) is 0 Å². The van der Waals surface area contributed by atoms with Gasteiger partial charge in [-0.15, -0.1) is 0 Å². The monoisotopic (exact) mass is 365 g/mol. The molecule has 136 valence electrons. The predicted octanol–water partition coefficient (Wildman–Crippen LogP) is 2.60. The summed E-state index contributed by atoms with van der Waals surface area (Å²) in [5, 5.41) is 24.0. The second-order valence-corrected chi connectivity index (χ2v) is 5.87. The van der Waals surface area contributed by atoms with Crippen molar-refractivity contribution >= 4 is 11.6 Å². The molecule has 3 rings (SSSR count). The minimum atomic E-state index is -5.16. The number of hydrazone groups is 1. The topological polar surface area (TPSA) is 86.0 Å². The number of rotatable bonds is 2. The summed E-state index contributed by atoms with van der Waals surface area (Å²) < 4.78 is 40.6. The number of para-hydroxylation sites is 1. The number of aryl methyl sites for hydroxylation is 1. The standard InChI is InChI=1S/C17H14F3N3O3/c1-10-4-2-6-12(14(10)24)15(25)23-16(26,17(18,19)20)8-13(22-23)11-5-3-7-21-9-11/h2-7,9,24,26H,8H2,1H3. The number of aromatic hydroxyl groups is 1. The molecule has 0 spiro atoms. The number of benzene rings is 1. The average molecular weight is 365 g/mol. The number of hydrogen-bond donors (Lipinski definition) is 2. The molecule has 0 saturated carbocycles. The molecule has 2 heterocycles. The van der Waals surface area contributed by atoms with Crippen LogP contribution in [-0.4, -0.2) is 43.7 Å². The molecule has 0 saturated heterocycles. The van der Waals surface area contributed by atoms with Gasteiger partial charge in [0.1, 0.15) is 5.75 Å². The Morgan fingerprint density at radius 1 is 1.27 bits per heavy atom. The highest BCUT2D eigenvalue weighted by Gasteiger charge is 2.63. The number of carbonyl (C=O) groups is 1. The first-order valence-electron chi connectivity index (χ1n) is 7.55. The Labute approximate surface area is 146 Å². The fraction of sp³-hybridized carbons (Fsp3) is 0.235. The number of phenols is 1. The molecule has 0 bridgehead atoms. The number of phenolic OH excluding ortho intramolecular Hbond substituents is 1. The Balaban J connectivity index is 2.09. The molecule has 1 amide bonds. The molecule has 2 aromatic rings. The summed E-state index contributed by atoms with van der Waals surface area (Å²) in [6, 6.07) is 7.05. The molecule has 6 nitrogen and oxygen atoms in total. The SMILES string of the molecule is Cc1cccc(C(=O)N2N=C(c3cccnc3)CC2(O)C(F)(F)F)c1O. The molecule has 0 fully saturated rings. The smallest absolute Gasteiger partial charge is 0.438 e. The Bertz CT molecular complexity index is 884. The van der Waals surface area contributed by atoms with Gasteiger partial charge < -0.3 is 10.2 Å². The second kappa shape index (κ2) is 6.10. The van der Waals surface area contributed by atoms with Crippen LogP contribution in [0.4, 0.5) is 13.2 Å². The number of carbonyl (C=O) groups excluding carboxylic acids is 1. The highest BCUT2D eigenvalue weighted by Crippen LogP contribution is 2.42. The number of pyridine rings is 1. The summed E-state index contributed by atoms with van der Waals surface area (Å²) in [5.74, 6) is -1.73. The Morgan fingerprint density at radius 2 is 2.00 bits per heavy atom. The Kier molecular flexibility index (Phi) is 4.19. The maximum absolute atomic E-state index is 13.5. The quantitative estimate of drug-likeness (QED) is 0.857. The summed E-state index contributed by atoms with van der Waals surface area (Å²) in [7, 11) is 0. The first-order chi connectivity index (χ1) is 12.1. The molecule has 1 unspecified atom stereocenters. The zero-order valence-electron chi connectivity index (χ0n) is 13.5. The Hall–Kier alpha value is -2.94. The van der Waals surface area contributed by atoms with Crippen LogP contribution < -0.4 is 0 Å². The van der Waals surface area contributed by atoms with Gasteiger partial charge in [0.2, 0.25) is 0 Å². The molecule has 1 aromatic heterocycles. The van der Waals surface area contributed by atoms with Crippen LogP contribution in [0, 0.1) is 6.92 Å². The van der Waals surface area contributed by atoms with E-state index in [1.54, 1.807) is 0 Å². The number of nitrogens with zero attached hydrogens (tertiary/aromatic N) is 3. The van der Waals surface area contributed by atoms with Gasteiger partial charge in [0.05, 0.1) is 17.7 Å². The second-order valence-electron chi connectivity index (χ2n) is 5.87. The van der Waals surface area contributed by atoms with Crippen LogP contribution in [0.15, 0.2) is 47.8 Å². The largest absolute Gasteiger partial charge is 0.507 e. The van der Waals surface area contributed by atoms with Gasteiger partial charge >= 0.3 is 6.18 Å². The van der Waals surface area contributed by atoms with Crippen LogP contribution in [-0.2, 0) is 0 Å². The van der Waals surface area contributed by atoms with Gasteiger partial charge in [-0.1, -0.05) is 18.2 Å². The van der Waals surface area contributed by atoms with E-state index in [4.69, 9.17) is 0 Å². The van der Waals surface area contributed by atoms with Crippen molar-refractivity contribution in [3.05, 3.63) is 59.4 Å². The zero-order valence-corrected chi connectivity index (χ0v) is 13.5. The molecule has 1 aliphatic rings. The number of amides is 1. The number of aromatic nitrogens is 1. The molecular weight excluding hydrogens is 351 g/mol. The fourth-order valence-electron chi connectivity index (χ4n) is 2.62. The van der Waals surface area contributed by atoms with Gasteiger partial charge in [-0.05, 0) is 24.6 Å². The maximum Gasteiger partial charge on any atom is 0.438 e. The normalized spacial score (nSPS) is 20.2. The van der Waals surface area contributed by atoms with Crippen molar-refractivity contribution < 1.29 is 28.2 Å². The molecule has 1 aromatic carbocycles. The summed E-state index contributed by atoms with van der Waals surface area (Å²) in [6.45, 7) is 1.50. The number of aliphatic hydroxyl groups is 1. The van der Waals surface area contributed by atoms with E-state index in [0.29, 0.717) is 5.56 Å². The third kappa shape index (κ3) is 2.80. The van der Waals surface area contributed by atoms with Crippen LogP contribution in [0.25, 0.3) is 0 Å². The molecule has 26 heavy (non-hydrogen) atoms. The molecule has 0 radical (unpaired) electrons. The molecular formula is C17H14F3N3O3. The van der Waals surface area contributed by atoms with Crippen LogP contribution in [0.1, 0.15) is 27.9 Å². The summed E-state index contributed by atoms with van der Waals surface area (Å²) in [4.78, 5) is 16.4. The van der Waals surface area contributed by atoms with E-state index in [1.807, 2.05) is 0 Å². The average Bonchev–Trinajstić information content (AvgIpc) is 2.96. The number of alkyl halides is 3. The lowest BCUT2D eigenvalue weighted by Crippen LogP contribution is -2.56. The highest BCUT2D eigenvalue weighted by atomic mass is 19.4.